The third kappa shape index (κ3) is 3.36. The summed E-state index contributed by atoms with van der Waals surface area (Å²) in [5.74, 6) is 0.919. The van der Waals surface area contributed by atoms with Crippen LogP contribution in [0.2, 0.25) is 5.02 Å². The van der Waals surface area contributed by atoms with Crippen LogP contribution in [0.15, 0.2) is 42.6 Å². The summed E-state index contributed by atoms with van der Waals surface area (Å²) in [6.45, 7) is 4.93. The number of pyridine rings is 1. The predicted molar refractivity (Wildman–Crippen MR) is 105 cm³/mol. The Morgan fingerprint density at radius 1 is 0.885 bits per heavy atom. The number of piperazine rings is 1. The van der Waals surface area contributed by atoms with Crippen molar-refractivity contribution in [2.24, 2.45) is 0 Å². The van der Waals surface area contributed by atoms with E-state index in [1.54, 1.807) is 6.20 Å². The molecule has 0 atom stereocenters. The van der Waals surface area contributed by atoms with Crippen molar-refractivity contribution in [2.45, 2.75) is 12.8 Å². The van der Waals surface area contributed by atoms with Crippen LogP contribution in [0.25, 0.3) is 0 Å². The van der Waals surface area contributed by atoms with E-state index in [-0.39, 0.29) is 5.91 Å². The van der Waals surface area contributed by atoms with E-state index in [4.69, 9.17) is 11.6 Å². The van der Waals surface area contributed by atoms with Gasteiger partial charge in [-0.3, -0.25) is 4.79 Å². The van der Waals surface area contributed by atoms with Crippen molar-refractivity contribution >= 4 is 29.0 Å². The van der Waals surface area contributed by atoms with E-state index in [1.165, 1.54) is 12.8 Å². The van der Waals surface area contributed by atoms with E-state index < -0.39 is 0 Å². The van der Waals surface area contributed by atoms with E-state index in [1.807, 2.05) is 41.3 Å². The molecule has 0 bridgehead atoms. The van der Waals surface area contributed by atoms with Crippen LogP contribution in [-0.4, -0.2) is 55.1 Å². The molecule has 1 aromatic heterocycles. The van der Waals surface area contributed by atoms with Crippen molar-refractivity contribution in [1.82, 2.24) is 9.88 Å². The van der Waals surface area contributed by atoms with E-state index in [9.17, 15) is 4.79 Å². The Morgan fingerprint density at radius 3 is 2.35 bits per heavy atom. The van der Waals surface area contributed by atoms with Gasteiger partial charge < -0.3 is 14.7 Å². The number of amides is 1. The number of carbonyl (C=O) groups excluding carboxylic acids is 1. The zero-order valence-corrected chi connectivity index (χ0v) is 15.5. The molecular weight excluding hydrogens is 348 g/mol. The van der Waals surface area contributed by atoms with Crippen molar-refractivity contribution in [3.05, 3.63) is 53.2 Å². The maximum absolute atomic E-state index is 13.1. The van der Waals surface area contributed by atoms with E-state index >= 15 is 0 Å². The van der Waals surface area contributed by atoms with Gasteiger partial charge in [0.2, 0.25) is 0 Å². The first kappa shape index (κ1) is 17.2. The fourth-order valence-corrected chi connectivity index (χ4v) is 4.03. The number of carbonyl (C=O) groups is 1. The normalized spacial score (nSPS) is 17.7. The predicted octanol–water partition coefficient (Wildman–Crippen LogP) is 3.30. The fraction of sp³-hybridized carbons (Fsp3) is 0.400. The van der Waals surface area contributed by atoms with Gasteiger partial charge in [-0.2, -0.15) is 0 Å². The Bertz CT molecular complexity index is 783. The van der Waals surface area contributed by atoms with Crippen LogP contribution in [0.3, 0.4) is 0 Å². The Labute approximate surface area is 159 Å². The van der Waals surface area contributed by atoms with Crippen LogP contribution in [0.1, 0.15) is 23.2 Å². The van der Waals surface area contributed by atoms with Crippen molar-refractivity contribution in [3.8, 4) is 0 Å². The number of halogens is 1. The molecule has 3 heterocycles. The minimum atomic E-state index is 0.0822. The smallest absolute Gasteiger partial charge is 0.257 e. The number of rotatable bonds is 3. The lowest BCUT2D eigenvalue weighted by Gasteiger charge is -2.37. The number of nitrogens with zero attached hydrogens (tertiary/aromatic N) is 4. The molecule has 26 heavy (non-hydrogen) atoms. The second-order valence-electron chi connectivity index (χ2n) is 6.80. The Hall–Kier alpha value is -2.27. The van der Waals surface area contributed by atoms with Gasteiger partial charge in [-0.1, -0.05) is 23.7 Å². The highest BCUT2D eigenvalue weighted by molar-refractivity contribution is 6.33. The van der Waals surface area contributed by atoms with Crippen molar-refractivity contribution in [2.75, 3.05) is 49.1 Å². The average Bonchev–Trinajstić information content (AvgIpc) is 3.23. The minimum absolute atomic E-state index is 0.0822. The molecule has 0 aliphatic carbocycles. The van der Waals surface area contributed by atoms with Crippen LogP contribution in [0.4, 0.5) is 11.5 Å². The topological polar surface area (TPSA) is 39.7 Å². The fourth-order valence-electron chi connectivity index (χ4n) is 3.77. The summed E-state index contributed by atoms with van der Waals surface area (Å²) < 4.78 is 0. The number of hydrogen-bond acceptors (Lipinski definition) is 4. The first-order valence-electron chi connectivity index (χ1n) is 9.23. The molecule has 0 N–H and O–H groups in total. The maximum atomic E-state index is 13.1. The lowest BCUT2D eigenvalue weighted by molar-refractivity contribution is 0.0747. The Balaban J connectivity index is 1.47. The van der Waals surface area contributed by atoms with Crippen LogP contribution < -0.4 is 9.80 Å². The lowest BCUT2D eigenvalue weighted by Crippen LogP contribution is -2.49. The molecule has 0 unspecified atom stereocenters. The SMILES string of the molecule is O=C(c1cccnc1N1CCCC1)N1CCN(c2ccccc2Cl)CC1. The third-order valence-electron chi connectivity index (χ3n) is 5.18. The van der Waals surface area contributed by atoms with E-state index in [0.717, 1.165) is 48.3 Å². The number of hydrogen-bond donors (Lipinski definition) is 0. The molecule has 0 saturated carbocycles. The standard InChI is InChI=1S/C20H23ClN4O/c21-17-7-1-2-8-18(17)23-12-14-25(15-13-23)20(26)16-6-5-9-22-19(16)24-10-3-4-11-24/h1-2,5-9H,3-4,10-15H2. The van der Waals surface area contributed by atoms with Gasteiger partial charge in [0.25, 0.3) is 5.91 Å². The number of para-hydroxylation sites is 1. The van der Waals surface area contributed by atoms with Crippen LogP contribution in [-0.2, 0) is 0 Å². The minimum Gasteiger partial charge on any atom is -0.367 e. The molecular formula is C20H23ClN4O. The molecule has 2 saturated heterocycles. The summed E-state index contributed by atoms with van der Waals surface area (Å²) in [6.07, 6.45) is 4.11. The molecule has 6 heteroatoms. The van der Waals surface area contributed by atoms with Crippen LogP contribution >= 0.6 is 11.6 Å². The molecule has 136 valence electrons. The molecule has 0 radical (unpaired) electrons. The van der Waals surface area contributed by atoms with Crippen molar-refractivity contribution < 1.29 is 4.79 Å². The largest absolute Gasteiger partial charge is 0.367 e. The van der Waals surface area contributed by atoms with E-state index in [2.05, 4.69) is 14.8 Å². The molecule has 2 aromatic rings. The molecule has 1 amide bonds. The van der Waals surface area contributed by atoms with Gasteiger partial charge in [-0.15, -0.1) is 0 Å². The van der Waals surface area contributed by atoms with Crippen LogP contribution in [0, 0.1) is 0 Å². The van der Waals surface area contributed by atoms with Gasteiger partial charge >= 0.3 is 0 Å². The first-order valence-corrected chi connectivity index (χ1v) is 9.60. The summed E-state index contributed by atoms with van der Waals surface area (Å²) in [5.41, 5.74) is 1.76. The zero-order chi connectivity index (χ0) is 17.9. The third-order valence-corrected chi connectivity index (χ3v) is 5.50. The molecule has 2 aliphatic rings. The molecule has 0 spiro atoms. The van der Waals surface area contributed by atoms with Gasteiger partial charge in [0, 0.05) is 45.5 Å². The first-order chi connectivity index (χ1) is 12.7. The van der Waals surface area contributed by atoms with Gasteiger partial charge in [0.15, 0.2) is 0 Å². The quantitative estimate of drug-likeness (QED) is 0.831. The zero-order valence-electron chi connectivity index (χ0n) is 14.8. The second-order valence-corrected chi connectivity index (χ2v) is 7.21. The molecule has 2 fully saturated rings. The van der Waals surface area contributed by atoms with Gasteiger partial charge in [0.1, 0.15) is 5.82 Å². The Kier molecular flexibility index (Phi) is 4.98. The molecule has 4 rings (SSSR count). The summed E-state index contributed by atoms with van der Waals surface area (Å²) in [6, 6.07) is 11.6. The van der Waals surface area contributed by atoms with Gasteiger partial charge in [-0.05, 0) is 37.1 Å². The highest BCUT2D eigenvalue weighted by Crippen LogP contribution is 2.27. The van der Waals surface area contributed by atoms with Gasteiger partial charge in [0.05, 0.1) is 16.3 Å². The number of anilines is 2. The average molecular weight is 371 g/mol. The summed E-state index contributed by atoms with van der Waals surface area (Å²) in [5, 5.41) is 0.760. The highest BCUT2D eigenvalue weighted by Gasteiger charge is 2.27. The second kappa shape index (κ2) is 7.54. The van der Waals surface area contributed by atoms with Gasteiger partial charge in [-0.25, -0.2) is 4.98 Å². The summed E-state index contributed by atoms with van der Waals surface area (Å²) in [7, 11) is 0. The molecule has 2 aliphatic heterocycles. The number of benzene rings is 1. The van der Waals surface area contributed by atoms with Crippen LogP contribution in [0.5, 0.6) is 0 Å². The Morgan fingerprint density at radius 2 is 1.62 bits per heavy atom. The highest BCUT2D eigenvalue weighted by atomic mass is 35.5. The van der Waals surface area contributed by atoms with Crippen molar-refractivity contribution in [1.29, 1.82) is 0 Å². The monoisotopic (exact) mass is 370 g/mol. The molecule has 1 aromatic carbocycles. The summed E-state index contributed by atoms with van der Waals surface area (Å²) >= 11 is 6.31. The van der Waals surface area contributed by atoms with Crippen molar-refractivity contribution in [3.63, 3.8) is 0 Å². The number of aromatic nitrogens is 1. The maximum Gasteiger partial charge on any atom is 0.257 e. The summed E-state index contributed by atoms with van der Waals surface area (Å²) in [4.78, 5) is 24.0. The lowest BCUT2D eigenvalue weighted by atomic mass is 10.2. The molecule has 5 nitrogen and oxygen atoms in total. The van der Waals surface area contributed by atoms with E-state index in [0.29, 0.717) is 13.1 Å².